The van der Waals surface area contributed by atoms with Crippen molar-refractivity contribution >= 4 is 0 Å². The summed E-state index contributed by atoms with van der Waals surface area (Å²) < 4.78 is 0. The van der Waals surface area contributed by atoms with Gasteiger partial charge in [-0.3, -0.25) is 0 Å². The second kappa shape index (κ2) is 9.14. The first-order chi connectivity index (χ1) is 9.20. The van der Waals surface area contributed by atoms with E-state index in [2.05, 4.69) is 45.0 Å². The smallest absolute Gasteiger partial charge is 0.0611 e. The number of unbranched alkanes of at least 4 members (excludes halogenated alkanes) is 3. The molecule has 19 heavy (non-hydrogen) atoms. The van der Waals surface area contributed by atoms with Gasteiger partial charge < -0.3 is 5.11 Å². The number of benzene rings is 1. The zero-order valence-corrected chi connectivity index (χ0v) is 12.8. The van der Waals surface area contributed by atoms with Crippen LogP contribution >= 0.6 is 0 Å². The summed E-state index contributed by atoms with van der Waals surface area (Å²) in [5, 5.41) is 10.6. The fraction of sp³-hybridized carbons (Fsp3) is 0.667. The van der Waals surface area contributed by atoms with Crippen LogP contribution in [0.4, 0.5) is 0 Å². The van der Waals surface area contributed by atoms with E-state index < -0.39 is 0 Å². The Kier molecular flexibility index (Phi) is 7.81. The van der Waals surface area contributed by atoms with Crippen LogP contribution in [-0.4, -0.2) is 11.2 Å². The van der Waals surface area contributed by atoms with Gasteiger partial charge in [0.2, 0.25) is 0 Å². The molecule has 108 valence electrons. The fourth-order valence-corrected chi connectivity index (χ4v) is 2.82. The molecule has 1 aromatic carbocycles. The lowest BCUT2D eigenvalue weighted by atomic mass is 9.80. The molecule has 0 fully saturated rings. The first kappa shape index (κ1) is 16.2. The van der Waals surface area contributed by atoms with Crippen molar-refractivity contribution in [3.05, 3.63) is 35.9 Å². The summed E-state index contributed by atoms with van der Waals surface area (Å²) in [6.45, 7) is 6.69. The first-order valence-electron chi connectivity index (χ1n) is 7.93. The highest BCUT2D eigenvalue weighted by Crippen LogP contribution is 2.32. The van der Waals surface area contributed by atoms with Crippen LogP contribution in [0.5, 0.6) is 0 Å². The Morgan fingerprint density at radius 2 is 1.68 bits per heavy atom. The van der Waals surface area contributed by atoms with Gasteiger partial charge in [-0.25, -0.2) is 0 Å². The van der Waals surface area contributed by atoms with Crippen LogP contribution in [0.1, 0.15) is 70.8 Å². The Balaban J connectivity index is 2.64. The fourth-order valence-electron chi connectivity index (χ4n) is 2.82. The summed E-state index contributed by atoms with van der Waals surface area (Å²) in [4.78, 5) is 0. The minimum absolute atomic E-state index is 0.200. The normalized spacial score (nSPS) is 16.0. The third kappa shape index (κ3) is 5.36. The highest BCUT2D eigenvalue weighted by Gasteiger charge is 2.25. The lowest BCUT2D eigenvalue weighted by Crippen LogP contribution is -2.24. The van der Waals surface area contributed by atoms with E-state index >= 15 is 0 Å². The van der Waals surface area contributed by atoms with Crippen LogP contribution in [0.2, 0.25) is 0 Å². The molecule has 1 aromatic rings. The molecule has 0 radical (unpaired) electrons. The van der Waals surface area contributed by atoms with E-state index in [9.17, 15) is 5.11 Å². The predicted octanol–water partition coefficient (Wildman–Crippen LogP) is 5.15. The molecule has 1 rings (SSSR count). The van der Waals surface area contributed by atoms with Gasteiger partial charge in [-0.1, -0.05) is 83.2 Å². The van der Waals surface area contributed by atoms with Crippen LogP contribution in [0.3, 0.4) is 0 Å². The van der Waals surface area contributed by atoms with Crippen molar-refractivity contribution < 1.29 is 5.11 Å². The molecular weight excluding hydrogens is 232 g/mol. The average molecular weight is 262 g/mol. The third-order valence-corrected chi connectivity index (χ3v) is 4.21. The van der Waals surface area contributed by atoms with Crippen molar-refractivity contribution in [2.75, 3.05) is 0 Å². The van der Waals surface area contributed by atoms with Crippen molar-refractivity contribution in [1.29, 1.82) is 0 Å². The van der Waals surface area contributed by atoms with Crippen LogP contribution < -0.4 is 0 Å². The second-order valence-corrected chi connectivity index (χ2v) is 5.74. The van der Waals surface area contributed by atoms with Crippen molar-refractivity contribution in [2.45, 2.75) is 71.3 Å². The zero-order chi connectivity index (χ0) is 14.1. The minimum atomic E-state index is -0.200. The number of aliphatic hydroxyl groups excluding tert-OH is 1. The Morgan fingerprint density at radius 3 is 2.26 bits per heavy atom. The van der Waals surface area contributed by atoms with Gasteiger partial charge in [-0.15, -0.1) is 0 Å². The molecular formula is C18H30O. The average Bonchev–Trinajstić information content (AvgIpc) is 2.45. The van der Waals surface area contributed by atoms with Gasteiger partial charge in [0.05, 0.1) is 6.10 Å². The number of hydrogen-bond donors (Lipinski definition) is 1. The molecule has 3 unspecified atom stereocenters. The summed E-state index contributed by atoms with van der Waals surface area (Å²) >= 11 is 0. The quantitative estimate of drug-likeness (QED) is 0.610. The zero-order valence-electron chi connectivity index (χ0n) is 12.8. The highest BCUT2D eigenvalue weighted by molar-refractivity contribution is 5.21. The first-order valence-corrected chi connectivity index (χ1v) is 7.93. The molecule has 0 aliphatic carbocycles. The predicted molar refractivity (Wildman–Crippen MR) is 83.4 cm³/mol. The molecule has 0 saturated heterocycles. The van der Waals surface area contributed by atoms with Crippen molar-refractivity contribution in [3.8, 4) is 0 Å². The maximum absolute atomic E-state index is 10.6. The number of aliphatic hydroxyl groups is 1. The Labute approximate surface area is 119 Å². The standard InChI is InChI=1S/C18H30O/c1-4-6-7-11-14-17(19)18(15(3)5-2)16-12-9-8-10-13-16/h8-10,12-13,15,17-19H,4-7,11,14H2,1-3H3. The van der Waals surface area contributed by atoms with E-state index in [-0.39, 0.29) is 12.0 Å². The van der Waals surface area contributed by atoms with Crippen molar-refractivity contribution in [3.63, 3.8) is 0 Å². The summed E-state index contributed by atoms with van der Waals surface area (Å²) in [5.41, 5.74) is 1.29. The van der Waals surface area contributed by atoms with Gasteiger partial charge in [0.15, 0.2) is 0 Å². The van der Waals surface area contributed by atoms with Crippen molar-refractivity contribution in [2.24, 2.45) is 5.92 Å². The van der Waals surface area contributed by atoms with Crippen LogP contribution in [0.15, 0.2) is 30.3 Å². The number of hydrogen-bond acceptors (Lipinski definition) is 1. The summed E-state index contributed by atoms with van der Waals surface area (Å²) in [6.07, 6.45) is 6.78. The summed E-state index contributed by atoms with van der Waals surface area (Å²) in [6, 6.07) is 10.5. The molecule has 1 heteroatoms. The highest BCUT2D eigenvalue weighted by atomic mass is 16.3. The van der Waals surface area contributed by atoms with Gasteiger partial charge in [-0.2, -0.15) is 0 Å². The van der Waals surface area contributed by atoms with Gasteiger partial charge >= 0.3 is 0 Å². The Hall–Kier alpha value is -0.820. The molecule has 0 heterocycles. The molecule has 1 nitrogen and oxygen atoms in total. The van der Waals surface area contributed by atoms with E-state index in [1.807, 2.05) is 6.07 Å². The Bertz CT molecular complexity index is 320. The van der Waals surface area contributed by atoms with Gasteiger partial charge in [-0.05, 0) is 17.9 Å². The van der Waals surface area contributed by atoms with E-state index in [0.717, 1.165) is 19.3 Å². The van der Waals surface area contributed by atoms with Gasteiger partial charge in [0.1, 0.15) is 0 Å². The molecule has 1 N–H and O–H groups in total. The molecule has 0 aliphatic heterocycles. The van der Waals surface area contributed by atoms with Crippen LogP contribution in [0, 0.1) is 5.92 Å². The molecule has 0 spiro atoms. The third-order valence-electron chi connectivity index (χ3n) is 4.21. The number of rotatable bonds is 9. The lowest BCUT2D eigenvalue weighted by molar-refractivity contribution is 0.105. The summed E-state index contributed by atoms with van der Waals surface area (Å²) in [7, 11) is 0. The second-order valence-electron chi connectivity index (χ2n) is 5.74. The molecule has 0 aromatic heterocycles. The molecule has 3 atom stereocenters. The molecule has 0 amide bonds. The lowest BCUT2D eigenvalue weighted by Gasteiger charge is -2.28. The Morgan fingerprint density at radius 1 is 1.00 bits per heavy atom. The van der Waals surface area contributed by atoms with Crippen LogP contribution in [0.25, 0.3) is 0 Å². The SMILES string of the molecule is CCCCCCC(O)C(c1ccccc1)C(C)CC. The maximum Gasteiger partial charge on any atom is 0.0611 e. The van der Waals surface area contributed by atoms with Gasteiger partial charge in [0, 0.05) is 5.92 Å². The van der Waals surface area contributed by atoms with E-state index in [1.54, 1.807) is 0 Å². The molecule has 0 saturated carbocycles. The minimum Gasteiger partial charge on any atom is -0.392 e. The summed E-state index contributed by atoms with van der Waals surface area (Å²) in [5.74, 6) is 0.816. The van der Waals surface area contributed by atoms with E-state index in [1.165, 1.54) is 24.8 Å². The monoisotopic (exact) mass is 262 g/mol. The largest absolute Gasteiger partial charge is 0.392 e. The van der Waals surface area contributed by atoms with Crippen molar-refractivity contribution in [1.82, 2.24) is 0 Å². The van der Waals surface area contributed by atoms with Gasteiger partial charge in [0.25, 0.3) is 0 Å². The molecule has 0 bridgehead atoms. The van der Waals surface area contributed by atoms with E-state index in [4.69, 9.17) is 0 Å². The van der Waals surface area contributed by atoms with Crippen LogP contribution in [-0.2, 0) is 0 Å². The maximum atomic E-state index is 10.6. The topological polar surface area (TPSA) is 20.2 Å². The van der Waals surface area contributed by atoms with E-state index in [0.29, 0.717) is 5.92 Å². The molecule has 0 aliphatic rings.